The molecule has 0 heterocycles. The van der Waals surface area contributed by atoms with E-state index in [9.17, 15) is 29.1 Å². The van der Waals surface area contributed by atoms with Gasteiger partial charge in [-0.05, 0) is 55.0 Å². The number of nitrogens with two attached hydrogens (primary N) is 2. The highest BCUT2D eigenvalue weighted by Crippen LogP contribution is 2.12. The molecule has 2 aromatic rings. The van der Waals surface area contributed by atoms with Crippen molar-refractivity contribution < 1.29 is 39.0 Å². The number of aromatic hydroxyl groups is 1. The van der Waals surface area contributed by atoms with E-state index in [4.69, 9.17) is 21.4 Å². The molecule has 0 aromatic heterocycles. The monoisotopic (exact) mass is 660 g/mol. The normalized spacial score (nSPS) is 13.0. The summed E-state index contributed by atoms with van der Waals surface area (Å²) in [6, 6.07) is 11.5. The molecule has 0 aliphatic carbocycles. The van der Waals surface area contributed by atoms with Gasteiger partial charge in [-0.3, -0.25) is 28.8 Å². The fourth-order valence-electron chi connectivity index (χ4n) is 4.14. The Hall–Kier alpha value is -4.63. The zero-order valence-electron chi connectivity index (χ0n) is 26.4. The van der Waals surface area contributed by atoms with Crippen molar-refractivity contribution in [2.24, 2.45) is 11.5 Å². The fourth-order valence-corrected chi connectivity index (χ4v) is 4.59. The Morgan fingerprint density at radius 3 is 2.02 bits per heavy atom. The smallest absolute Gasteiger partial charge is 0.300 e. The second-order valence-corrected chi connectivity index (χ2v) is 11.4. The van der Waals surface area contributed by atoms with Crippen LogP contribution in [0, 0.1) is 0 Å². The third-order valence-corrected chi connectivity index (χ3v) is 7.20. The standard InChI is InChI=1S/C29H40N6O6S.C2H4O2/c1-18(33-28(40)22(30)15-20-9-11-21(36)12-10-20)27(39)32-17-25(37)34-23(16-19-7-5-4-6-8-19)29(41)35(2)24(26(31)38)13-14-42-3;1-2(3)4/h4-12,18,22-24,36H,13-17,30H2,1-3H3,(H2,31,38)(H,32,39)(H,33,40)(H,34,37);1H3,(H,3,4). The summed E-state index contributed by atoms with van der Waals surface area (Å²) in [4.78, 5) is 73.6. The van der Waals surface area contributed by atoms with Gasteiger partial charge in [-0.15, -0.1) is 0 Å². The predicted octanol–water partition coefficient (Wildman–Crippen LogP) is -0.233. The number of benzene rings is 2. The van der Waals surface area contributed by atoms with Crippen molar-refractivity contribution >= 4 is 47.3 Å². The SMILES string of the molecule is CC(=O)O.CSCCC(C(N)=O)N(C)C(=O)C(Cc1ccccc1)NC(=O)CNC(=O)C(C)NC(=O)C(N)Cc1ccc(O)cc1. The van der Waals surface area contributed by atoms with Crippen LogP contribution in [0.2, 0.25) is 0 Å². The lowest BCUT2D eigenvalue weighted by Gasteiger charge is -2.30. The van der Waals surface area contributed by atoms with Crippen LogP contribution in [0.25, 0.3) is 0 Å². The molecule has 0 saturated heterocycles. The number of rotatable bonds is 16. The molecule has 252 valence electrons. The number of carboxylic acids is 1. The van der Waals surface area contributed by atoms with Crippen molar-refractivity contribution in [1.82, 2.24) is 20.9 Å². The zero-order valence-corrected chi connectivity index (χ0v) is 27.2. The molecule has 2 rings (SSSR count). The Bertz CT molecular complexity index is 1310. The van der Waals surface area contributed by atoms with E-state index in [0.29, 0.717) is 12.2 Å². The van der Waals surface area contributed by atoms with Gasteiger partial charge in [-0.25, -0.2) is 0 Å². The summed E-state index contributed by atoms with van der Waals surface area (Å²) >= 11 is 1.52. The van der Waals surface area contributed by atoms with Crippen LogP contribution in [0.1, 0.15) is 31.4 Å². The Morgan fingerprint density at radius 1 is 0.913 bits per heavy atom. The Kier molecular flexibility index (Phi) is 17.5. The second-order valence-electron chi connectivity index (χ2n) is 10.4. The number of thioether (sulfide) groups is 1. The lowest BCUT2D eigenvalue weighted by atomic mass is 10.0. The van der Waals surface area contributed by atoms with Crippen LogP contribution in [0.3, 0.4) is 0 Å². The summed E-state index contributed by atoms with van der Waals surface area (Å²) in [7, 11) is 1.47. The molecule has 0 fully saturated rings. The van der Waals surface area contributed by atoms with Crippen LogP contribution in [-0.2, 0) is 41.6 Å². The average Bonchev–Trinajstić information content (AvgIpc) is 3.00. The third kappa shape index (κ3) is 14.9. The molecule has 0 aliphatic rings. The molecule has 2 aromatic carbocycles. The van der Waals surface area contributed by atoms with Crippen LogP contribution in [-0.4, -0.2) is 100 Å². The molecule has 4 atom stereocenters. The molecule has 14 nitrogen and oxygen atoms in total. The maximum Gasteiger partial charge on any atom is 0.300 e. The predicted molar refractivity (Wildman–Crippen MR) is 175 cm³/mol. The van der Waals surface area contributed by atoms with Crippen LogP contribution >= 0.6 is 11.8 Å². The summed E-state index contributed by atoms with van der Waals surface area (Å²) in [5.74, 6) is -3.07. The highest BCUT2D eigenvalue weighted by Gasteiger charge is 2.31. The molecule has 15 heteroatoms. The summed E-state index contributed by atoms with van der Waals surface area (Å²) in [5.41, 5.74) is 13.0. The van der Waals surface area contributed by atoms with E-state index >= 15 is 0 Å². The number of nitrogens with zero attached hydrogens (tertiary/aromatic N) is 1. The number of primary amides is 1. The van der Waals surface area contributed by atoms with Crippen LogP contribution in [0.15, 0.2) is 54.6 Å². The first-order chi connectivity index (χ1) is 21.7. The van der Waals surface area contributed by atoms with Gasteiger partial charge in [0.05, 0.1) is 12.6 Å². The number of carboxylic acid groups (broad SMARTS) is 1. The summed E-state index contributed by atoms with van der Waals surface area (Å²) < 4.78 is 0. The van der Waals surface area contributed by atoms with Crippen molar-refractivity contribution in [3.05, 3.63) is 65.7 Å². The molecule has 0 bridgehead atoms. The Balaban J connectivity index is 0.00000249. The van der Waals surface area contributed by atoms with E-state index < -0.39 is 66.2 Å². The van der Waals surface area contributed by atoms with Gasteiger partial charge >= 0.3 is 0 Å². The van der Waals surface area contributed by atoms with E-state index in [1.807, 2.05) is 24.5 Å². The molecular weight excluding hydrogens is 616 g/mol. The molecule has 0 radical (unpaired) electrons. The van der Waals surface area contributed by atoms with Crippen molar-refractivity contribution in [2.45, 2.75) is 57.3 Å². The Labute approximate surface area is 272 Å². The molecule has 46 heavy (non-hydrogen) atoms. The second kappa shape index (κ2) is 20.4. The molecule has 0 saturated carbocycles. The summed E-state index contributed by atoms with van der Waals surface area (Å²) in [6.07, 6.45) is 2.60. The minimum absolute atomic E-state index is 0.0925. The highest BCUT2D eigenvalue weighted by atomic mass is 32.2. The summed E-state index contributed by atoms with van der Waals surface area (Å²) in [5, 5.41) is 24.4. The first-order valence-electron chi connectivity index (χ1n) is 14.4. The largest absolute Gasteiger partial charge is 0.508 e. The maximum atomic E-state index is 13.4. The van der Waals surface area contributed by atoms with E-state index in [1.165, 1.54) is 42.8 Å². The molecular formula is C31H44N6O8S. The molecule has 0 aliphatic heterocycles. The number of aliphatic carboxylic acids is 1. The van der Waals surface area contributed by atoms with E-state index in [-0.39, 0.29) is 18.6 Å². The molecule has 9 N–H and O–H groups in total. The lowest BCUT2D eigenvalue weighted by Crippen LogP contribution is -2.56. The van der Waals surface area contributed by atoms with Gasteiger partial charge in [-0.1, -0.05) is 42.5 Å². The van der Waals surface area contributed by atoms with Gasteiger partial charge < -0.3 is 42.5 Å². The first kappa shape index (κ1) is 39.4. The van der Waals surface area contributed by atoms with Crippen molar-refractivity contribution in [3.8, 4) is 5.75 Å². The highest BCUT2D eigenvalue weighted by molar-refractivity contribution is 7.98. The number of phenolic OH excluding ortho intramolecular Hbond substituents is 1. The topological polar surface area (TPSA) is 234 Å². The quantitative estimate of drug-likeness (QED) is 0.125. The minimum Gasteiger partial charge on any atom is -0.508 e. The third-order valence-electron chi connectivity index (χ3n) is 6.56. The average molecular weight is 661 g/mol. The van der Waals surface area contributed by atoms with Gasteiger partial charge in [0.2, 0.25) is 29.5 Å². The van der Waals surface area contributed by atoms with Crippen LogP contribution in [0.5, 0.6) is 5.75 Å². The molecule has 4 unspecified atom stereocenters. The molecule has 5 amide bonds. The first-order valence-corrected chi connectivity index (χ1v) is 15.7. The van der Waals surface area contributed by atoms with E-state index in [1.54, 1.807) is 24.3 Å². The van der Waals surface area contributed by atoms with Crippen molar-refractivity contribution in [3.63, 3.8) is 0 Å². The zero-order chi connectivity index (χ0) is 34.8. The number of amides is 5. The fraction of sp³-hybridized carbons (Fsp3) is 0.419. The van der Waals surface area contributed by atoms with Crippen molar-refractivity contribution in [1.29, 1.82) is 0 Å². The van der Waals surface area contributed by atoms with Gasteiger partial charge in [0.15, 0.2) is 0 Å². The van der Waals surface area contributed by atoms with Crippen molar-refractivity contribution in [2.75, 3.05) is 25.6 Å². The number of hydrogen-bond acceptors (Lipinski definition) is 9. The maximum absolute atomic E-state index is 13.4. The van der Waals surface area contributed by atoms with Gasteiger partial charge in [-0.2, -0.15) is 11.8 Å². The summed E-state index contributed by atoms with van der Waals surface area (Å²) in [6.45, 7) is 2.08. The van der Waals surface area contributed by atoms with E-state index in [2.05, 4.69) is 16.0 Å². The minimum atomic E-state index is -1.02. The van der Waals surface area contributed by atoms with Crippen LogP contribution < -0.4 is 27.4 Å². The van der Waals surface area contributed by atoms with Gasteiger partial charge in [0, 0.05) is 20.4 Å². The Morgan fingerprint density at radius 2 is 1.48 bits per heavy atom. The number of likely N-dealkylation sites (N-methyl/N-ethyl adjacent to an activating group) is 1. The number of carbonyl (C=O) groups excluding carboxylic acids is 5. The lowest BCUT2D eigenvalue weighted by molar-refractivity contribution is -0.141. The van der Waals surface area contributed by atoms with Crippen LogP contribution in [0.4, 0.5) is 0 Å². The van der Waals surface area contributed by atoms with E-state index in [0.717, 1.165) is 18.1 Å². The number of phenols is 1. The number of hydrogen-bond donors (Lipinski definition) is 7. The van der Waals surface area contributed by atoms with Gasteiger partial charge in [0.25, 0.3) is 5.97 Å². The number of carbonyl (C=O) groups is 6. The number of nitrogens with one attached hydrogen (secondary N) is 3. The molecule has 0 spiro atoms. The van der Waals surface area contributed by atoms with Gasteiger partial charge in [0.1, 0.15) is 23.9 Å².